The van der Waals surface area contributed by atoms with Crippen LogP contribution in [0.4, 0.5) is 10.6 Å². The zero-order valence-corrected chi connectivity index (χ0v) is 14.7. The molecule has 1 saturated heterocycles. The van der Waals surface area contributed by atoms with E-state index in [0.717, 1.165) is 31.7 Å². The predicted octanol–water partition coefficient (Wildman–Crippen LogP) is -0.610. The van der Waals surface area contributed by atoms with Gasteiger partial charge >= 0.3 is 30.9 Å². The summed E-state index contributed by atoms with van der Waals surface area (Å²) in [4.78, 5) is 28.9. The Bertz CT molecular complexity index is 570. The number of carboxylic acid groups (broad SMARTS) is 1. The molecule has 1 aliphatic heterocycles. The average Bonchev–Trinajstić information content (AvgIpc) is 2.46. The van der Waals surface area contributed by atoms with Crippen LogP contribution in [0, 0.1) is 0 Å². The first-order valence-electron chi connectivity index (χ1n) is 7.68. The number of alkyl carbamates (subject to hydrolysis) is 1. The largest absolute Gasteiger partial charge is 1.00 e. The third-order valence-electron chi connectivity index (χ3n) is 3.53. The molecule has 2 heterocycles. The second kappa shape index (κ2) is 8.40. The van der Waals surface area contributed by atoms with E-state index in [-0.39, 0.29) is 38.0 Å². The Labute approximate surface area is 155 Å². The van der Waals surface area contributed by atoms with E-state index < -0.39 is 11.6 Å². The number of amides is 1. The van der Waals surface area contributed by atoms with Gasteiger partial charge in [0, 0.05) is 25.3 Å². The predicted molar refractivity (Wildman–Crippen MR) is 86.9 cm³/mol. The van der Waals surface area contributed by atoms with E-state index in [1.165, 1.54) is 6.20 Å². The van der Waals surface area contributed by atoms with Gasteiger partial charge < -0.3 is 21.5 Å². The molecule has 0 saturated carbocycles. The summed E-state index contributed by atoms with van der Waals surface area (Å²) < 4.78 is 5.26. The quantitative estimate of drug-likeness (QED) is 0.719. The van der Waals surface area contributed by atoms with Gasteiger partial charge in [-0.05, 0) is 45.7 Å². The van der Waals surface area contributed by atoms with Crippen molar-refractivity contribution < 1.29 is 39.7 Å². The molecular weight excluding hydrogens is 305 g/mol. The minimum absolute atomic E-state index is 0. The van der Waals surface area contributed by atoms with Crippen LogP contribution in [0.1, 0.15) is 45.4 Å². The summed E-state index contributed by atoms with van der Waals surface area (Å²) in [6.07, 6.45) is 2.56. The number of aromatic carboxylic acids is 1. The van der Waals surface area contributed by atoms with Crippen LogP contribution in [0.5, 0.6) is 0 Å². The van der Waals surface area contributed by atoms with Crippen LogP contribution in [-0.2, 0) is 4.74 Å². The van der Waals surface area contributed by atoms with Crippen molar-refractivity contribution in [2.24, 2.45) is 0 Å². The standard InChI is InChI=1S/C16H23N3O4.Li.H/c1-16(2,3)23-15(22)18-12-6-8-19(9-7-12)13-5-4-11(10-17-13)14(20)21;;/h4-5,10,12H,6-9H2,1-3H3,(H,18,22)(H,20,21);;/q;+1;-1. The smallest absolute Gasteiger partial charge is 1.00 e. The van der Waals surface area contributed by atoms with Crippen molar-refractivity contribution in [3.8, 4) is 0 Å². The molecule has 1 aromatic rings. The maximum atomic E-state index is 11.8. The van der Waals surface area contributed by atoms with Gasteiger partial charge in [0.1, 0.15) is 11.4 Å². The fourth-order valence-corrected chi connectivity index (χ4v) is 2.43. The number of rotatable bonds is 3. The summed E-state index contributed by atoms with van der Waals surface area (Å²) in [5, 5.41) is 11.8. The Morgan fingerprint density at radius 2 is 1.96 bits per heavy atom. The van der Waals surface area contributed by atoms with Gasteiger partial charge in [-0.2, -0.15) is 0 Å². The van der Waals surface area contributed by atoms with E-state index in [0.29, 0.717) is 0 Å². The number of carboxylic acids is 1. The van der Waals surface area contributed by atoms with Gasteiger partial charge in [0.15, 0.2) is 0 Å². The van der Waals surface area contributed by atoms with Crippen molar-refractivity contribution in [2.45, 2.75) is 45.3 Å². The van der Waals surface area contributed by atoms with Crippen molar-refractivity contribution in [1.82, 2.24) is 10.3 Å². The van der Waals surface area contributed by atoms with Crippen LogP contribution in [0.2, 0.25) is 0 Å². The third kappa shape index (κ3) is 6.06. The number of anilines is 1. The van der Waals surface area contributed by atoms with Gasteiger partial charge in [0.2, 0.25) is 0 Å². The minimum Gasteiger partial charge on any atom is -1.00 e. The summed E-state index contributed by atoms with van der Waals surface area (Å²) in [6, 6.07) is 3.35. The number of ether oxygens (including phenoxy) is 1. The van der Waals surface area contributed by atoms with E-state index in [1.807, 2.05) is 20.8 Å². The molecule has 0 unspecified atom stereocenters. The van der Waals surface area contributed by atoms with Gasteiger partial charge in [-0.25, -0.2) is 14.6 Å². The molecule has 0 aliphatic carbocycles. The molecule has 1 aromatic heterocycles. The Morgan fingerprint density at radius 3 is 2.42 bits per heavy atom. The molecule has 1 fully saturated rings. The topological polar surface area (TPSA) is 91.8 Å². The van der Waals surface area contributed by atoms with E-state index in [1.54, 1.807) is 12.1 Å². The number of piperidine rings is 1. The first-order valence-corrected chi connectivity index (χ1v) is 7.68. The summed E-state index contributed by atoms with van der Waals surface area (Å²) in [5.74, 6) is -0.227. The maximum absolute atomic E-state index is 11.8. The van der Waals surface area contributed by atoms with Crippen LogP contribution in [0.15, 0.2) is 18.3 Å². The van der Waals surface area contributed by atoms with Crippen molar-refractivity contribution in [2.75, 3.05) is 18.0 Å². The summed E-state index contributed by atoms with van der Waals surface area (Å²) in [7, 11) is 0. The number of hydrogen-bond donors (Lipinski definition) is 2. The van der Waals surface area contributed by atoms with Crippen LogP contribution in [-0.4, -0.2) is 46.9 Å². The average molecular weight is 329 g/mol. The molecule has 8 heteroatoms. The summed E-state index contributed by atoms with van der Waals surface area (Å²) in [5.41, 5.74) is -0.323. The van der Waals surface area contributed by atoms with Gasteiger partial charge in [-0.3, -0.25) is 0 Å². The first kappa shape index (κ1) is 20.3. The van der Waals surface area contributed by atoms with Crippen molar-refractivity contribution in [3.63, 3.8) is 0 Å². The van der Waals surface area contributed by atoms with Gasteiger partial charge in [0.05, 0.1) is 5.56 Å². The molecule has 2 rings (SSSR count). The van der Waals surface area contributed by atoms with Crippen LogP contribution in [0.3, 0.4) is 0 Å². The number of aromatic nitrogens is 1. The summed E-state index contributed by atoms with van der Waals surface area (Å²) >= 11 is 0. The van der Waals surface area contributed by atoms with E-state index in [4.69, 9.17) is 9.84 Å². The van der Waals surface area contributed by atoms with Crippen molar-refractivity contribution >= 4 is 17.9 Å². The van der Waals surface area contributed by atoms with Gasteiger partial charge in [-0.1, -0.05) is 0 Å². The number of nitrogens with one attached hydrogen (secondary N) is 1. The molecule has 0 spiro atoms. The van der Waals surface area contributed by atoms with E-state index in [9.17, 15) is 9.59 Å². The first-order chi connectivity index (χ1) is 10.7. The normalized spacial score (nSPS) is 15.4. The van der Waals surface area contributed by atoms with Gasteiger partial charge in [-0.15, -0.1) is 0 Å². The zero-order chi connectivity index (χ0) is 17.0. The molecular formula is C16H24LiN3O4. The Hall–Kier alpha value is -1.71. The molecule has 0 atom stereocenters. The SMILES string of the molecule is CC(C)(C)OC(=O)NC1CCN(c2ccc(C(=O)O)cn2)CC1.[H-].[Li+]. The number of pyridine rings is 1. The second-order valence-electron chi connectivity index (χ2n) is 6.62. The summed E-state index contributed by atoms with van der Waals surface area (Å²) in [6.45, 7) is 7.00. The monoisotopic (exact) mass is 329 g/mol. The van der Waals surface area contributed by atoms with Crippen molar-refractivity contribution in [1.29, 1.82) is 0 Å². The van der Waals surface area contributed by atoms with E-state index >= 15 is 0 Å². The van der Waals surface area contributed by atoms with Crippen LogP contribution in [0.25, 0.3) is 0 Å². The molecule has 0 aromatic carbocycles. The fraction of sp³-hybridized carbons (Fsp3) is 0.562. The minimum atomic E-state index is -0.982. The van der Waals surface area contributed by atoms with Crippen LogP contribution >= 0.6 is 0 Å². The molecule has 24 heavy (non-hydrogen) atoms. The Kier molecular flexibility index (Phi) is 7.12. The number of carbonyl (C=O) groups is 2. The molecule has 1 aliphatic rings. The second-order valence-corrected chi connectivity index (χ2v) is 6.62. The molecule has 0 bridgehead atoms. The Balaban J connectivity index is 0.00000288. The molecule has 128 valence electrons. The van der Waals surface area contributed by atoms with Crippen LogP contribution < -0.4 is 29.1 Å². The molecule has 0 radical (unpaired) electrons. The molecule has 1 amide bonds. The third-order valence-corrected chi connectivity index (χ3v) is 3.53. The van der Waals surface area contributed by atoms with Crippen molar-refractivity contribution in [3.05, 3.63) is 23.9 Å². The number of nitrogens with zero attached hydrogens (tertiary/aromatic N) is 2. The molecule has 7 nitrogen and oxygen atoms in total. The fourth-order valence-electron chi connectivity index (χ4n) is 2.43. The van der Waals surface area contributed by atoms with Gasteiger partial charge in [0.25, 0.3) is 0 Å². The van der Waals surface area contributed by atoms with E-state index in [2.05, 4.69) is 15.2 Å². The Morgan fingerprint density at radius 1 is 1.33 bits per heavy atom. The maximum Gasteiger partial charge on any atom is 1.00 e. The zero-order valence-electron chi connectivity index (χ0n) is 15.7. The number of carbonyl (C=O) groups excluding carboxylic acids is 1. The molecule has 2 N–H and O–H groups in total. The number of hydrogen-bond acceptors (Lipinski definition) is 5.